The zero-order valence-corrected chi connectivity index (χ0v) is 19.5. The lowest BCUT2D eigenvalue weighted by molar-refractivity contribution is -0.146. The smallest absolute Gasteiger partial charge is 0.337 e. The van der Waals surface area contributed by atoms with Crippen molar-refractivity contribution in [2.45, 2.75) is 44.6 Å². The zero-order chi connectivity index (χ0) is 24.5. The van der Waals surface area contributed by atoms with Crippen molar-refractivity contribution < 1.29 is 33.7 Å². The Morgan fingerprint density at radius 1 is 1.03 bits per heavy atom. The predicted molar refractivity (Wildman–Crippen MR) is 125 cm³/mol. The van der Waals surface area contributed by atoms with E-state index in [1.807, 2.05) is 12.1 Å². The first-order chi connectivity index (χ1) is 16.4. The van der Waals surface area contributed by atoms with E-state index in [1.54, 1.807) is 24.3 Å². The molecule has 1 aliphatic carbocycles. The summed E-state index contributed by atoms with van der Waals surface area (Å²) in [6.45, 7) is 0.368. The monoisotopic (exact) mass is 469 g/mol. The minimum Gasteiger partial charge on any atom is -0.508 e. The van der Waals surface area contributed by atoms with Gasteiger partial charge in [0, 0.05) is 6.04 Å². The Labute approximate surface area is 199 Å². The third-order valence-corrected chi connectivity index (χ3v) is 5.99. The summed E-state index contributed by atoms with van der Waals surface area (Å²) in [5, 5.41) is 12.4. The van der Waals surface area contributed by atoms with E-state index < -0.39 is 5.97 Å². The van der Waals surface area contributed by atoms with Gasteiger partial charge in [0.05, 0.1) is 37.9 Å². The van der Waals surface area contributed by atoms with E-state index >= 15 is 0 Å². The van der Waals surface area contributed by atoms with E-state index in [9.17, 15) is 19.5 Å². The molecule has 1 amide bonds. The van der Waals surface area contributed by atoms with E-state index in [4.69, 9.17) is 14.2 Å². The van der Waals surface area contributed by atoms with Gasteiger partial charge in [-0.25, -0.2) is 4.79 Å². The molecule has 0 spiro atoms. The van der Waals surface area contributed by atoms with Gasteiger partial charge in [-0.1, -0.05) is 18.6 Å². The topological polar surface area (TPSA) is 111 Å². The molecule has 34 heavy (non-hydrogen) atoms. The second-order valence-electron chi connectivity index (χ2n) is 8.38. The van der Waals surface area contributed by atoms with Crippen LogP contribution in [0.2, 0.25) is 0 Å². The molecule has 2 aromatic carbocycles. The maximum absolute atomic E-state index is 13.1. The number of phenols is 1. The largest absolute Gasteiger partial charge is 0.508 e. The summed E-state index contributed by atoms with van der Waals surface area (Å²) in [4.78, 5) is 37.1. The lowest BCUT2D eigenvalue weighted by atomic mass is 9.85. The Kier molecular flexibility index (Phi) is 8.90. The fourth-order valence-corrected chi connectivity index (χ4v) is 4.16. The number of phenolic OH excluding ortho intramolecular Hbond substituents is 1. The molecular formula is C26H31NO7. The van der Waals surface area contributed by atoms with Crippen LogP contribution in [0.15, 0.2) is 42.5 Å². The molecule has 0 saturated heterocycles. The van der Waals surface area contributed by atoms with Crippen LogP contribution in [-0.4, -0.2) is 49.8 Å². The van der Waals surface area contributed by atoms with Gasteiger partial charge in [0.2, 0.25) is 0 Å². The molecule has 1 fully saturated rings. The third-order valence-electron chi connectivity index (χ3n) is 5.99. The van der Waals surface area contributed by atoms with Crippen molar-refractivity contribution in [2.75, 3.05) is 20.8 Å². The summed E-state index contributed by atoms with van der Waals surface area (Å²) >= 11 is 0. The fraction of sp³-hybridized carbons (Fsp3) is 0.423. The van der Waals surface area contributed by atoms with Crippen LogP contribution in [0.1, 0.15) is 58.4 Å². The molecule has 182 valence electrons. The second-order valence-corrected chi connectivity index (χ2v) is 8.38. The molecule has 2 atom stereocenters. The lowest BCUT2D eigenvalue weighted by Crippen LogP contribution is -2.40. The molecular weight excluding hydrogens is 438 g/mol. The third kappa shape index (κ3) is 6.73. The van der Waals surface area contributed by atoms with Crippen LogP contribution < -0.4 is 10.1 Å². The van der Waals surface area contributed by atoms with Gasteiger partial charge in [-0.15, -0.1) is 0 Å². The van der Waals surface area contributed by atoms with Gasteiger partial charge in [-0.3, -0.25) is 9.59 Å². The maximum Gasteiger partial charge on any atom is 0.337 e. The Morgan fingerprint density at radius 3 is 2.50 bits per heavy atom. The number of esters is 2. The molecule has 1 aliphatic rings. The van der Waals surface area contributed by atoms with Crippen molar-refractivity contribution in [3.63, 3.8) is 0 Å². The first-order valence-electron chi connectivity index (χ1n) is 11.4. The number of carbonyl (C=O) groups excluding carboxylic acids is 3. The molecule has 0 radical (unpaired) electrons. The second kappa shape index (κ2) is 12.1. The number of hydrogen-bond donors (Lipinski definition) is 2. The highest BCUT2D eigenvalue weighted by atomic mass is 16.5. The first kappa shape index (κ1) is 25.1. The summed E-state index contributed by atoms with van der Waals surface area (Å²) in [6, 6.07) is 11.4. The number of rotatable bonds is 9. The fourth-order valence-electron chi connectivity index (χ4n) is 4.16. The normalized spacial score (nSPS) is 17.5. The van der Waals surface area contributed by atoms with E-state index in [0.29, 0.717) is 25.2 Å². The molecule has 0 bridgehead atoms. The molecule has 2 N–H and O–H groups in total. The first-order valence-corrected chi connectivity index (χ1v) is 11.4. The average Bonchev–Trinajstić information content (AvgIpc) is 2.86. The van der Waals surface area contributed by atoms with Gasteiger partial charge in [-0.2, -0.15) is 0 Å². The number of carbonyl (C=O) groups is 3. The van der Waals surface area contributed by atoms with Crippen LogP contribution in [0.3, 0.4) is 0 Å². The number of methoxy groups -OCH3 is 2. The minimum atomic E-state index is -0.545. The standard InChI is InChI=1S/C26H31NO7/c1-32-25(30)18-6-3-7-20(15-18)27-24(29)22-16-19(26(31)33-2)10-13-23(22)34-14-4-5-17-8-11-21(28)12-9-17/h8-13,16,18,20,28H,3-7,14-15H2,1-2H3,(H,27,29). The van der Waals surface area contributed by atoms with Gasteiger partial charge >= 0.3 is 11.9 Å². The van der Waals surface area contributed by atoms with E-state index in [1.165, 1.54) is 20.3 Å². The molecule has 2 aromatic rings. The molecule has 1 saturated carbocycles. The van der Waals surface area contributed by atoms with Gasteiger partial charge < -0.3 is 24.6 Å². The summed E-state index contributed by atoms with van der Waals surface area (Å²) in [5.41, 5.74) is 1.56. The minimum absolute atomic E-state index is 0.172. The van der Waals surface area contributed by atoms with Gasteiger partial charge in [0.25, 0.3) is 5.91 Å². The van der Waals surface area contributed by atoms with Crippen LogP contribution in [0.25, 0.3) is 0 Å². The summed E-state index contributed by atoms with van der Waals surface area (Å²) in [6.07, 6.45) is 4.28. The number of benzene rings is 2. The van der Waals surface area contributed by atoms with Gasteiger partial charge in [-0.05, 0) is 68.0 Å². The van der Waals surface area contributed by atoms with Gasteiger partial charge in [0.15, 0.2) is 0 Å². The Morgan fingerprint density at radius 2 is 1.79 bits per heavy atom. The number of hydrogen-bond acceptors (Lipinski definition) is 7. The van der Waals surface area contributed by atoms with Gasteiger partial charge in [0.1, 0.15) is 11.5 Å². The molecule has 8 heteroatoms. The average molecular weight is 470 g/mol. The van der Waals surface area contributed by atoms with Crippen LogP contribution >= 0.6 is 0 Å². The van der Waals surface area contributed by atoms with Crippen molar-refractivity contribution in [3.05, 3.63) is 59.2 Å². The Balaban J connectivity index is 1.67. The predicted octanol–water partition coefficient (Wildman–Crippen LogP) is 3.65. The van der Waals surface area contributed by atoms with Crippen LogP contribution in [0.4, 0.5) is 0 Å². The number of aryl methyl sites for hydroxylation is 1. The molecule has 0 heterocycles. The van der Waals surface area contributed by atoms with Crippen molar-refractivity contribution in [3.8, 4) is 11.5 Å². The van der Waals surface area contributed by atoms with Crippen molar-refractivity contribution >= 4 is 17.8 Å². The highest BCUT2D eigenvalue weighted by Gasteiger charge is 2.29. The summed E-state index contributed by atoms with van der Waals surface area (Å²) < 4.78 is 15.5. The van der Waals surface area contributed by atoms with Crippen molar-refractivity contribution in [2.24, 2.45) is 5.92 Å². The number of nitrogens with one attached hydrogen (secondary N) is 1. The molecule has 2 unspecified atom stereocenters. The van der Waals surface area contributed by atoms with E-state index in [0.717, 1.165) is 31.2 Å². The van der Waals surface area contributed by atoms with Crippen molar-refractivity contribution in [1.29, 1.82) is 0 Å². The van der Waals surface area contributed by atoms with Crippen LogP contribution in [0, 0.1) is 5.92 Å². The Bertz CT molecular complexity index is 1000. The van der Waals surface area contributed by atoms with Crippen molar-refractivity contribution in [1.82, 2.24) is 5.32 Å². The summed E-state index contributed by atoms with van der Waals surface area (Å²) in [5.74, 6) is -0.815. The SMILES string of the molecule is COC(=O)c1ccc(OCCCc2ccc(O)cc2)c(C(=O)NC2CCCC(C(=O)OC)C2)c1. The molecule has 0 aliphatic heterocycles. The molecule has 0 aromatic heterocycles. The number of amides is 1. The lowest BCUT2D eigenvalue weighted by Gasteiger charge is -2.28. The van der Waals surface area contributed by atoms with Crippen LogP contribution in [0.5, 0.6) is 11.5 Å². The van der Waals surface area contributed by atoms with E-state index in [-0.39, 0.29) is 40.7 Å². The highest BCUT2D eigenvalue weighted by Crippen LogP contribution is 2.27. The zero-order valence-electron chi connectivity index (χ0n) is 19.5. The molecule has 8 nitrogen and oxygen atoms in total. The molecule has 3 rings (SSSR count). The van der Waals surface area contributed by atoms with E-state index in [2.05, 4.69) is 5.32 Å². The summed E-state index contributed by atoms with van der Waals surface area (Å²) in [7, 11) is 2.65. The maximum atomic E-state index is 13.1. The number of aromatic hydroxyl groups is 1. The van der Waals surface area contributed by atoms with Crippen LogP contribution in [-0.2, 0) is 20.7 Å². The Hall–Kier alpha value is -3.55. The number of ether oxygens (including phenoxy) is 3. The highest BCUT2D eigenvalue weighted by molar-refractivity contribution is 6.00. The quantitative estimate of drug-likeness (QED) is 0.426.